The second-order valence-electron chi connectivity index (χ2n) is 4.42. The number of nitrogens with zero attached hydrogens (tertiary/aromatic N) is 2. The van der Waals surface area contributed by atoms with E-state index in [1.807, 2.05) is 13.0 Å². The maximum absolute atomic E-state index is 10.8. The highest BCUT2D eigenvalue weighted by molar-refractivity contribution is 5.47. The lowest BCUT2D eigenvalue weighted by Gasteiger charge is -2.12. The summed E-state index contributed by atoms with van der Waals surface area (Å²) in [5.74, 6) is 0.972. The number of nitro groups is 1. The van der Waals surface area contributed by atoms with Gasteiger partial charge in [-0.1, -0.05) is 12.1 Å². The standard InChI is InChI=1S/C16H14N2O4/c1-2-21-16-9-12(10-17)6-7-15(16)22-11-13-4-3-5-14(8-13)18(19)20/h3-9H,2,11H2,1H3. The molecule has 2 aromatic carbocycles. The first-order chi connectivity index (χ1) is 10.6. The van der Waals surface area contributed by atoms with E-state index in [-0.39, 0.29) is 12.3 Å². The quantitative estimate of drug-likeness (QED) is 0.602. The van der Waals surface area contributed by atoms with E-state index < -0.39 is 4.92 Å². The molecule has 0 spiro atoms. The lowest BCUT2D eigenvalue weighted by Crippen LogP contribution is -2.00. The highest BCUT2D eigenvalue weighted by Crippen LogP contribution is 2.29. The van der Waals surface area contributed by atoms with Crippen molar-refractivity contribution in [1.82, 2.24) is 0 Å². The van der Waals surface area contributed by atoms with Crippen LogP contribution >= 0.6 is 0 Å². The van der Waals surface area contributed by atoms with Crippen LogP contribution < -0.4 is 9.47 Å². The Bertz CT molecular complexity index is 722. The molecule has 0 saturated carbocycles. The lowest BCUT2D eigenvalue weighted by molar-refractivity contribution is -0.384. The highest BCUT2D eigenvalue weighted by Gasteiger charge is 2.09. The predicted octanol–water partition coefficient (Wildman–Crippen LogP) is 3.44. The number of non-ortho nitro benzene ring substituents is 1. The van der Waals surface area contributed by atoms with Gasteiger partial charge < -0.3 is 9.47 Å². The molecule has 0 heterocycles. The number of ether oxygens (including phenoxy) is 2. The van der Waals surface area contributed by atoms with E-state index in [0.717, 1.165) is 0 Å². The Morgan fingerprint density at radius 3 is 2.68 bits per heavy atom. The first-order valence-electron chi connectivity index (χ1n) is 6.67. The smallest absolute Gasteiger partial charge is 0.269 e. The van der Waals surface area contributed by atoms with Gasteiger partial charge in [-0.3, -0.25) is 10.1 Å². The first kappa shape index (κ1) is 15.3. The maximum atomic E-state index is 10.8. The van der Waals surface area contributed by atoms with E-state index in [1.165, 1.54) is 12.1 Å². The van der Waals surface area contributed by atoms with Crippen LogP contribution in [0.15, 0.2) is 42.5 Å². The molecule has 6 heteroatoms. The summed E-state index contributed by atoms with van der Waals surface area (Å²) in [5, 5.41) is 19.7. The summed E-state index contributed by atoms with van der Waals surface area (Å²) < 4.78 is 11.1. The van der Waals surface area contributed by atoms with Crippen molar-refractivity contribution in [1.29, 1.82) is 5.26 Å². The van der Waals surface area contributed by atoms with Crippen LogP contribution in [0.25, 0.3) is 0 Å². The number of nitro benzene ring substituents is 1. The summed E-state index contributed by atoms with van der Waals surface area (Å²) in [6.07, 6.45) is 0. The third kappa shape index (κ3) is 3.73. The van der Waals surface area contributed by atoms with Gasteiger partial charge in [0.1, 0.15) is 6.61 Å². The Morgan fingerprint density at radius 1 is 1.18 bits per heavy atom. The number of hydrogen-bond acceptors (Lipinski definition) is 5. The molecule has 0 fully saturated rings. The van der Waals surface area contributed by atoms with Crippen LogP contribution in [0.4, 0.5) is 5.69 Å². The molecule has 0 aromatic heterocycles. The van der Waals surface area contributed by atoms with Gasteiger partial charge in [-0.15, -0.1) is 0 Å². The molecule has 0 amide bonds. The van der Waals surface area contributed by atoms with Crippen LogP contribution in [0, 0.1) is 21.4 Å². The zero-order chi connectivity index (χ0) is 15.9. The molecule has 2 aromatic rings. The molecule has 0 unspecified atom stereocenters. The highest BCUT2D eigenvalue weighted by atomic mass is 16.6. The normalized spacial score (nSPS) is 9.82. The number of benzene rings is 2. The van der Waals surface area contributed by atoms with Crippen molar-refractivity contribution in [2.75, 3.05) is 6.61 Å². The van der Waals surface area contributed by atoms with Gasteiger partial charge in [-0.05, 0) is 24.6 Å². The van der Waals surface area contributed by atoms with Gasteiger partial charge in [0.15, 0.2) is 11.5 Å². The fourth-order valence-corrected chi connectivity index (χ4v) is 1.89. The molecule has 2 rings (SSSR count). The molecule has 112 valence electrons. The minimum absolute atomic E-state index is 0.0194. The molecular weight excluding hydrogens is 284 g/mol. The minimum atomic E-state index is -0.448. The Hall–Kier alpha value is -3.07. The average Bonchev–Trinajstić information content (AvgIpc) is 2.54. The molecule has 0 N–H and O–H groups in total. The SMILES string of the molecule is CCOc1cc(C#N)ccc1OCc1cccc([N+](=O)[O-])c1. The average molecular weight is 298 g/mol. The van der Waals surface area contributed by atoms with E-state index in [9.17, 15) is 10.1 Å². The van der Waals surface area contributed by atoms with Gasteiger partial charge in [-0.2, -0.15) is 5.26 Å². The fourth-order valence-electron chi connectivity index (χ4n) is 1.89. The minimum Gasteiger partial charge on any atom is -0.490 e. The summed E-state index contributed by atoms with van der Waals surface area (Å²) in [6.45, 7) is 2.46. The van der Waals surface area contributed by atoms with Gasteiger partial charge in [0.25, 0.3) is 5.69 Å². The van der Waals surface area contributed by atoms with Crippen molar-refractivity contribution in [2.45, 2.75) is 13.5 Å². The second kappa shape index (κ2) is 7.09. The summed E-state index contributed by atoms with van der Waals surface area (Å²) in [4.78, 5) is 10.3. The van der Waals surface area contributed by atoms with Crippen LogP contribution in [0.5, 0.6) is 11.5 Å². The van der Waals surface area contributed by atoms with Crippen molar-refractivity contribution in [3.05, 3.63) is 63.7 Å². The van der Waals surface area contributed by atoms with Crippen molar-refractivity contribution in [2.24, 2.45) is 0 Å². The molecule has 0 aliphatic heterocycles. The van der Waals surface area contributed by atoms with Crippen molar-refractivity contribution in [3.8, 4) is 17.6 Å². The van der Waals surface area contributed by atoms with Crippen molar-refractivity contribution < 1.29 is 14.4 Å². The zero-order valence-electron chi connectivity index (χ0n) is 12.0. The van der Waals surface area contributed by atoms with E-state index >= 15 is 0 Å². The zero-order valence-corrected chi connectivity index (χ0v) is 12.0. The van der Waals surface area contributed by atoms with E-state index in [1.54, 1.807) is 30.3 Å². The van der Waals surface area contributed by atoms with Gasteiger partial charge in [0.2, 0.25) is 0 Å². The van der Waals surface area contributed by atoms with Gasteiger partial charge in [-0.25, -0.2) is 0 Å². The Labute approximate surface area is 127 Å². The maximum Gasteiger partial charge on any atom is 0.269 e. The first-order valence-corrected chi connectivity index (χ1v) is 6.67. The molecule has 0 atom stereocenters. The molecule has 6 nitrogen and oxygen atoms in total. The molecule has 0 radical (unpaired) electrons. The molecular formula is C16H14N2O4. The van der Waals surface area contributed by atoms with Gasteiger partial charge >= 0.3 is 0 Å². The molecule has 0 aliphatic rings. The summed E-state index contributed by atoms with van der Waals surface area (Å²) in [7, 11) is 0. The van der Waals surface area contributed by atoms with Gasteiger partial charge in [0, 0.05) is 18.2 Å². The van der Waals surface area contributed by atoms with E-state index in [4.69, 9.17) is 14.7 Å². The summed E-state index contributed by atoms with van der Waals surface area (Å²) in [6, 6.07) is 13.2. The van der Waals surface area contributed by atoms with Crippen LogP contribution in [0.3, 0.4) is 0 Å². The van der Waals surface area contributed by atoms with Crippen LogP contribution in [-0.2, 0) is 6.61 Å². The Kier molecular flexibility index (Phi) is 4.94. The molecule has 0 aliphatic carbocycles. The fraction of sp³-hybridized carbons (Fsp3) is 0.188. The predicted molar refractivity (Wildman–Crippen MR) is 79.8 cm³/mol. The largest absolute Gasteiger partial charge is 0.490 e. The Balaban J connectivity index is 2.16. The van der Waals surface area contributed by atoms with Crippen molar-refractivity contribution >= 4 is 5.69 Å². The van der Waals surface area contributed by atoms with Gasteiger partial charge in [0.05, 0.1) is 23.2 Å². The topological polar surface area (TPSA) is 85.4 Å². The third-order valence-electron chi connectivity index (χ3n) is 2.89. The summed E-state index contributed by atoms with van der Waals surface area (Å²) in [5.41, 5.74) is 1.18. The monoisotopic (exact) mass is 298 g/mol. The summed E-state index contributed by atoms with van der Waals surface area (Å²) >= 11 is 0. The number of hydrogen-bond donors (Lipinski definition) is 0. The van der Waals surface area contributed by atoms with E-state index in [0.29, 0.717) is 29.2 Å². The molecule has 0 saturated heterocycles. The number of rotatable bonds is 6. The third-order valence-corrected chi connectivity index (χ3v) is 2.89. The number of nitriles is 1. The lowest BCUT2D eigenvalue weighted by atomic mass is 10.2. The Morgan fingerprint density at radius 2 is 2.00 bits per heavy atom. The second-order valence-corrected chi connectivity index (χ2v) is 4.42. The van der Waals surface area contributed by atoms with Crippen LogP contribution in [-0.4, -0.2) is 11.5 Å². The van der Waals surface area contributed by atoms with E-state index in [2.05, 4.69) is 0 Å². The molecule has 0 bridgehead atoms. The van der Waals surface area contributed by atoms with Crippen LogP contribution in [0.1, 0.15) is 18.1 Å². The van der Waals surface area contributed by atoms with Crippen molar-refractivity contribution in [3.63, 3.8) is 0 Å². The van der Waals surface area contributed by atoms with Crippen LogP contribution in [0.2, 0.25) is 0 Å². The molecule has 22 heavy (non-hydrogen) atoms.